The minimum Gasteiger partial charge on any atom is -0.308 e. The molecule has 1 aromatic carbocycles. The lowest BCUT2D eigenvalue weighted by Gasteiger charge is -2.26. The average Bonchev–Trinajstić information content (AvgIpc) is 2.46. The van der Waals surface area contributed by atoms with Crippen LogP contribution in [0.25, 0.3) is 0 Å². The maximum atomic E-state index is 12.5. The van der Waals surface area contributed by atoms with Gasteiger partial charge in [0.15, 0.2) is 0 Å². The molecule has 1 aliphatic heterocycles. The lowest BCUT2D eigenvalue weighted by Crippen LogP contribution is -2.36. The smallest absolute Gasteiger partial charge is 0.243 e. The van der Waals surface area contributed by atoms with Crippen LogP contribution in [0.3, 0.4) is 0 Å². The zero-order chi connectivity index (χ0) is 15.5. The average molecular weight is 310 g/mol. The van der Waals surface area contributed by atoms with E-state index >= 15 is 0 Å². The third-order valence-corrected chi connectivity index (χ3v) is 5.61. The van der Waals surface area contributed by atoms with Crippen molar-refractivity contribution in [2.75, 3.05) is 13.1 Å². The summed E-state index contributed by atoms with van der Waals surface area (Å²) < 4.78 is 26.7. The molecule has 0 spiro atoms. The Hall–Kier alpha value is -0.910. The predicted molar refractivity (Wildman–Crippen MR) is 85.6 cm³/mol. The first-order valence-corrected chi connectivity index (χ1v) is 9.07. The Morgan fingerprint density at radius 3 is 2.14 bits per heavy atom. The van der Waals surface area contributed by atoms with Crippen molar-refractivity contribution in [2.24, 2.45) is 0 Å². The zero-order valence-electron chi connectivity index (χ0n) is 13.2. The van der Waals surface area contributed by atoms with Gasteiger partial charge in [0.25, 0.3) is 0 Å². The van der Waals surface area contributed by atoms with E-state index in [4.69, 9.17) is 0 Å². The van der Waals surface area contributed by atoms with Crippen molar-refractivity contribution in [3.05, 3.63) is 29.8 Å². The Morgan fingerprint density at radius 2 is 1.62 bits per heavy atom. The van der Waals surface area contributed by atoms with Crippen LogP contribution in [0.15, 0.2) is 29.2 Å². The molecular formula is C16H26N2O2S. The molecular weight excluding hydrogens is 284 g/mol. The number of nitrogens with one attached hydrogen (secondary N) is 1. The summed E-state index contributed by atoms with van der Waals surface area (Å²) in [5, 5.41) is 3.40. The Morgan fingerprint density at radius 1 is 1.05 bits per heavy atom. The highest BCUT2D eigenvalue weighted by atomic mass is 32.2. The van der Waals surface area contributed by atoms with E-state index in [2.05, 4.69) is 26.1 Å². The van der Waals surface area contributed by atoms with Gasteiger partial charge in [-0.15, -0.1) is 0 Å². The van der Waals surface area contributed by atoms with E-state index in [0.29, 0.717) is 18.0 Å². The summed E-state index contributed by atoms with van der Waals surface area (Å²) in [6.45, 7) is 8.38. The molecule has 1 N–H and O–H groups in total. The third-order valence-electron chi connectivity index (χ3n) is 3.70. The van der Waals surface area contributed by atoms with Crippen LogP contribution in [0.5, 0.6) is 0 Å². The van der Waals surface area contributed by atoms with E-state index in [0.717, 1.165) is 31.4 Å². The van der Waals surface area contributed by atoms with Gasteiger partial charge in [-0.25, -0.2) is 8.42 Å². The van der Waals surface area contributed by atoms with Gasteiger partial charge in [-0.1, -0.05) is 18.6 Å². The van der Waals surface area contributed by atoms with E-state index in [-0.39, 0.29) is 5.54 Å². The number of rotatable bonds is 4. The lowest BCUT2D eigenvalue weighted by atomic mass is 10.1. The fourth-order valence-corrected chi connectivity index (χ4v) is 3.92. The van der Waals surface area contributed by atoms with Crippen molar-refractivity contribution >= 4 is 10.0 Å². The number of piperidine rings is 1. The summed E-state index contributed by atoms with van der Waals surface area (Å²) in [7, 11) is -3.31. The van der Waals surface area contributed by atoms with Crippen LogP contribution in [-0.2, 0) is 16.6 Å². The molecule has 5 heteroatoms. The molecule has 1 heterocycles. The normalized spacial score (nSPS) is 17.9. The lowest BCUT2D eigenvalue weighted by molar-refractivity contribution is 0.346. The van der Waals surface area contributed by atoms with Crippen LogP contribution in [0.2, 0.25) is 0 Å². The van der Waals surface area contributed by atoms with E-state index in [1.807, 2.05) is 12.1 Å². The van der Waals surface area contributed by atoms with E-state index < -0.39 is 10.0 Å². The largest absolute Gasteiger partial charge is 0.308 e. The number of nitrogens with zero attached hydrogens (tertiary/aromatic N) is 1. The molecule has 0 bridgehead atoms. The van der Waals surface area contributed by atoms with Gasteiger partial charge < -0.3 is 5.32 Å². The monoisotopic (exact) mass is 310 g/mol. The van der Waals surface area contributed by atoms with Crippen molar-refractivity contribution in [1.29, 1.82) is 0 Å². The third kappa shape index (κ3) is 4.53. The van der Waals surface area contributed by atoms with Crippen LogP contribution < -0.4 is 5.32 Å². The molecule has 0 saturated carbocycles. The summed E-state index contributed by atoms with van der Waals surface area (Å²) in [5.74, 6) is 0. The van der Waals surface area contributed by atoms with Crippen molar-refractivity contribution in [3.8, 4) is 0 Å². The number of hydrogen-bond donors (Lipinski definition) is 1. The van der Waals surface area contributed by atoms with Crippen LogP contribution in [0.1, 0.15) is 45.6 Å². The summed E-state index contributed by atoms with van der Waals surface area (Å²) in [6.07, 6.45) is 3.06. The highest BCUT2D eigenvalue weighted by Crippen LogP contribution is 2.20. The number of hydrogen-bond acceptors (Lipinski definition) is 3. The van der Waals surface area contributed by atoms with Gasteiger partial charge in [0, 0.05) is 25.2 Å². The van der Waals surface area contributed by atoms with Gasteiger partial charge in [0.05, 0.1) is 4.90 Å². The quantitative estimate of drug-likeness (QED) is 0.930. The second kappa shape index (κ2) is 6.46. The second-order valence-electron chi connectivity index (χ2n) is 6.71. The Kier molecular flexibility index (Phi) is 5.07. The minimum atomic E-state index is -3.31. The van der Waals surface area contributed by atoms with Gasteiger partial charge >= 0.3 is 0 Å². The highest BCUT2D eigenvalue weighted by Gasteiger charge is 2.25. The predicted octanol–water partition coefficient (Wildman–Crippen LogP) is 2.75. The van der Waals surface area contributed by atoms with Crippen LogP contribution in [0, 0.1) is 0 Å². The van der Waals surface area contributed by atoms with Crippen molar-refractivity contribution in [3.63, 3.8) is 0 Å². The number of benzene rings is 1. The maximum Gasteiger partial charge on any atom is 0.243 e. The zero-order valence-corrected chi connectivity index (χ0v) is 14.0. The first-order chi connectivity index (χ1) is 9.79. The summed E-state index contributed by atoms with van der Waals surface area (Å²) in [4.78, 5) is 0.406. The Bertz CT molecular complexity index is 553. The highest BCUT2D eigenvalue weighted by molar-refractivity contribution is 7.89. The second-order valence-corrected chi connectivity index (χ2v) is 8.65. The molecule has 4 nitrogen and oxygen atoms in total. The first-order valence-electron chi connectivity index (χ1n) is 7.63. The van der Waals surface area contributed by atoms with E-state index in [1.54, 1.807) is 16.4 Å². The molecule has 0 unspecified atom stereocenters. The molecule has 1 aromatic rings. The fourth-order valence-electron chi connectivity index (χ4n) is 2.40. The summed E-state index contributed by atoms with van der Waals surface area (Å²) in [6, 6.07) is 7.25. The SMILES string of the molecule is CC(C)(C)NCc1ccc(S(=O)(=O)N2CCCCC2)cc1. The van der Waals surface area contributed by atoms with Crippen LogP contribution >= 0.6 is 0 Å². The van der Waals surface area contributed by atoms with Gasteiger partial charge in [0.1, 0.15) is 0 Å². The van der Waals surface area contributed by atoms with E-state index in [1.165, 1.54) is 0 Å². The number of sulfonamides is 1. The molecule has 21 heavy (non-hydrogen) atoms. The van der Waals surface area contributed by atoms with Gasteiger partial charge in [-0.05, 0) is 51.3 Å². The molecule has 0 radical (unpaired) electrons. The van der Waals surface area contributed by atoms with Crippen molar-refractivity contribution < 1.29 is 8.42 Å². The van der Waals surface area contributed by atoms with Crippen LogP contribution in [0.4, 0.5) is 0 Å². The molecule has 2 rings (SSSR count). The topological polar surface area (TPSA) is 49.4 Å². The molecule has 1 saturated heterocycles. The first kappa shape index (κ1) is 16.5. The molecule has 0 aliphatic carbocycles. The molecule has 0 amide bonds. The standard InChI is InChI=1S/C16H26N2O2S/c1-16(2,3)17-13-14-7-9-15(10-8-14)21(19,20)18-11-5-4-6-12-18/h7-10,17H,4-6,11-13H2,1-3H3. The Balaban J connectivity index is 2.07. The molecule has 118 valence electrons. The summed E-state index contributed by atoms with van der Waals surface area (Å²) >= 11 is 0. The maximum absolute atomic E-state index is 12.5. The van der Waals surface area contributed by atoms with Gasteiger partial charge in [-0.2, -0.15) is 4.31 Å². The Labute approximate surface area is 128 Å². The van der Waals surface area contributed by atoms with Crippen molar-refractivity contribution in [2.45, 2.75) is 57.0 Å². The summed E-state index contributed by atoms with van der Waals surface area (Å²) in [5.41, 5.74) is 1.15. The molecule has 0 aromatic heterocycles. The van der Waals surface area contributed by atoms with Gasteiger partial charge in [-0.3, -0.25) is 0 Å². The molecule has 0 atom stereocenters. The molecule has 1 aliphatic rings. The van der Waals surface area contributed by atoms with E-state index in [9.17, 15) is 8.42 Å². The minimum absolute atomic E-state index is 0.0541. The van der Waals surface area contributed by atoms with Gasteiger partial charge in [0.2, 0.25) is 10.0 Å². The fraction of sp³-hybridized carbons (Fsp3) is 0.625. The van der Waals surface area contributed by atoms with Crippen molar-refractivity contribution in [1.82, 2.24) is 9.62 Å². The molecule has 1 fully saturated rings. The van der Waals surface area contributed by atoms with Crippen LogP contribution in [-0.4, -0.2) is 31.4 Å².